The first-order valence-corrected chi connectivity index (χ1v) is 7.36. The lowest BCUT2D eigenvalue weighted by Crippen LogP contribution is -2.46. The molecule has 4 nitrogen and oxygen atoms in total. The molecule has 0 atom stereocenters. The van der Waals surface area contributed by atoms with Crippen LogP contribution in [0, 0.1) is 5.82 Å². The third kappa shape index (κ3) is 4.45. The number of benzene rings is 2. The Bertz CT molecular complexity index is 669. The van der Waals surface area contributed by atoms with Gasteiger partial charge >= 0.3 is 6.03 Å². The minimum Gasteiger partial charge on any atom is -0.497 e. The summed E-state index contributed by atoms with van der Waals surface area (Å²) in [7, 11) is 1.61. The maximum Gasteiger partial charge on any atom is 0.315 e. The van der Waals surface area contributed by atoms with E-state index >= 15 is 0 Å². The molecule has 2 aromatic rings. The van der Waals surface area contributed by atoms with Gasteiger partial charge in [0.05, 0.1) is 12.6 Å². The number of amides is 2. The minimum absolute atomic E-state index is 0.136. The fraction of sp³-hybridized carbons (Fsp3) is 0.278. The highest BCUT2D eigenvalue weighted by Gasteiger charge is 2.22. The summed E-state index contributed by atoms with van der Waals surface area (Å²) in [5.74, 6) is 0.427. The highest BCUT2D eigenvalue weighted by atomic mass is 19.1. The fourth-order valence-corrected chi connectivity index (χ4v) is 2.23. The number of hydrogen-bond acceptors (Lipinski definition) is 2. The lowest BCUT2D eigenvalue weighted by Gasteiger charge is -2.27. The molecule has 0 saturated heterocycles. The van der Waals surface area contributed by atoms with Crippen molar-refractivity contribution < 1.29 is 13.9 Å². The van der Waals surface area contributed by atoms with Crippen molar-refractivity contribution in [3.8, 4) is 5.75 Å². The maximum atomic E-state index is 13.5. The molecule has 0 aliphatic heterocycles. The van der Waals surface area contributed by atoms with Crippen LogP contribution in [0.5, 0.6) is 5.75 Å². The molecule has 0 unspecified atom stereocenters. The molecule has 2 aromatic carbocycles. The Labute approximate surface area is 135 Å². The number of hydrogen-bond donors (Lipinski definition) is 2. The van der Waals surface area contributed by atoms with E-state index in [0.29, 0.717) is 5.56 Å². The van der Waals surface area contributed by atoms with Gasteiger partial charge in [0, 0.05) is 12.1 Å². The molecule has 0 bridgehead atoms. The number of rotatable bonds is 5. The zero-order valence-electron chi connectivity index (χ0n) is 13.5. The van der Waals surface area contributed by atoms with Crippen LogP contribution in [0.25, 0.3) is 0 Å². The molecule has 2 rings (SSSR count). The average molecular weight is 316 g/mol. The van der Waals surface area contributed by atoms with E-state index in [2.05, 4.69) is 10.6 Å². The molecule has 122 valence electrons. The predicted octanol–water partition coefficient (Wildman–Crippen LogP) is 3.57. The molecular weight excluding hydrogens is 295 g/mol. The van der Waals surface area contributed by atoms with Crippen LogP contribution >= 0.6 is 0 Å². The van der Waals surface area contributed by atoms with E-state index in [1.54, 1.807) is 25.3 Å². The third-order valence-corrected chi connectivity index (χ3v) is 3.63. The first-order valence-electron chi connectivity index (χ1n) is 7.36. The number of carbonyl (C=O) groups is 1. The number of urea groups is 1. The predicted molar refractivity (Wildman–Crippen MR) is 87.8 cm³/mol. The Hall–Kier alpha value is -2.56. The van der Waals surface area contributed by atoms with Crippen molar-refractivity contribution in [3.63, 3.8) is 0 Å². The zero-order valence-corrected chi connectivity index (χ0v) is 13.5. The van der Waals surface area contributed by atoms with Gasteiger partial charge in [-0.05, 0) is 37.6 Å². The van der Waals surface area contributed by atoms with E-state index in [0.717, 1.165) is 11.3 Å². The van der Waals surface area contributed by atoms with Crippen LogP contribution in [0.1, 0.15) is 25.0 Å². The van der Waals surface area contributed by atoms with Crippen LogP contribution in [-0.2, 0) is 12.1 Å². The Morgan fingerprint density at radius 2 is 1.78 bits per heavy atom. The first kappa shape index (κ1) is 16.8. The normalized spacial score (nSPS) is 11.0. The van der Waals surface area contributed by atoms with Crippen molar-refractivity contribution in [1.29, 1.82) is 0 Å². The van der Waals surface area contributed by atoms with Crippen molar-refractivity contribution in [2.75, 3.05) is 7.11 Å². The molecule has 0 aliphatic carbocycles. The SMILES string of the molecule is COc1ccc(C(C)(C)NC(=O)NCc2ccccc2F)cc1. The van der Waals surface area contributed by atoms with E-state index in [9.17, 15) is 9.18 Å². The lowest BCUT2D eigenvalue weighted by atomic mass is 9.94. The summed E-state index contributed by atoms with van der Waals surface area (Å²) in [5.41, 5.74) is 0.829. The highest BCUT2D eigenvalue weighted by molar-refractivity contribution is 5.75. The first-order chi connectivity index (χ1) is 10.9. The largest absolute Gasteiger partial charge is 0.497 e. The molecule has 2 amide bonds. The van der Waals surface area contributed by atoms with E-state index in [-0.39, 0.29) is 18.4 Å². The fourth-order valence-electron chi connectivity index (χ4n) is 2.23. The monoisotopic (exact) mass is 316 g/mol. The van der Waals surface area contributed by atoms with E-state index in [1.165, 1.54) is 6.07 Å². The minimum atomic E-state index is -0.564. The standard InChI is InChI=1S/C18H21FN2O2/c1-18(2,14-8-10-15(23-3)11-9-14)21-17(22)20-12-13-6-4-5-7-16(13)19/h4-11H,12H2,1-3H3,(H2,20,21,22). The van der Waals surface area contributed by atoms with Gasteiger partial charge in [0.2, 0.25) is 0 Å². The van der Waals surface area contributed by atoms with Gasteiger partial charge in [0.25, 0.3) is 0 Å². The highest BCUT2D eigenvalue weighted by Crippen LogP contribution is 2.22. The van der Waals surface area contributed by atoms with Crippen LogP contribution in [0.4, 0.5) is 9.18 Å². The molecule has 0 spiro atoms. The second kappa shape index (κ2) is 7.13. The van der Waals surface area contributed by atoms with Crippen molar-refractivity contribution in [2.24, 2.45) is 0 Å². The van der Waals surface area contributed by atoms with Gasteiger partial charge in [-0.25, -0.2) is 9.18 Å². The number of methoxy groups -OCH3 is 1. The van der Waals surface area contributed by atoms with Crippen molar-refractivity contribution in [2.45, 2.75) is 25.9 Å². The topological polar surface area (TPSA) is 50.4 Å². The average Bonchev–Trinajstić information content (AvgIpc) is 2.54. The smallest absolute Gasteiger partial charge is 0.315 e. The number of nitrogens with one attached hydrogen (secondary N) is 2. The summed E-state index contributed by atoms with van der Waals surface area (Å²) in [6.07, 6.45) is 0. The molecule has 23 heavy (non-hydrogen) atoms. The van der Waals surface area contributed by atoms with E-state index in [4.69, 9.17) is 4.74 Å². The lowest BCUT2D eigenvalue weighted by molar-refractivity contribution is 0.229. The van der Waals surface area contributed by atoms with Gasteiger partial charge in [0.1, 0.15) is 11.6 Å². The molecular formula is C18H21FN2O2. The van der Waals surface area contributed by atoms with Crippen molar-refractivity contribution in [3.05, 3.63) is 65.5 Å². The summed E-state index contributed by atoms with van der Waals surface area (Å²) < 4.78 is 18.7. The van der Waals surface area contributed by atoms with Crippen LogP contribution in [0.2, 0.25) is 0 Å². The zero-order chi connectivity index (χ0) is 16.9. The maximum absolute atomic E-state index is 13.5. The van der Waals surface area contributed by atoms with Crippen LogP contribution in [0.15, 0.2) is 48.5 Å². The summed E-state index contributed by atoms with van der Waals surface area (Å²) in [4.78, 5) is 12.1. The van der Waals surface area contributed by atoms with Gasteiger partial charge in [-0.3, -0.25) is 0 Å². The second-order valence-electron chi connectivity index (χ2n) is 5.75. The molecule has 0 heterocycles. The Morgan fingerprint density at radius 3 is 2.39 bits per heavy atom. The van der Waals surface area contributed by atoms with Crippen LogP contribution in [0.3, 0.4) is 0 Å². The van der Waals surface area contributed by atoms with Gasteiger partial charge in [-0.15, -0.1) is 0 Å². The molecule has 0 aliphatic rings. The summed E-state index contributed by atoms with van der Waals surface area (Å²) in [6.45, 7) is 3.94. The number of carbonyl (C=O) groups excluding carboxylic acids is 1. The van der Waals surface area contributed by atoms with Crippen molar-refractivity contribution in [1.82, 2.24) is 10.6 Å². The van der Waals surface area contributed by atoms with Gasteiger partial charge in [0.15, 0.2) is 0 Å². The summed E-state index contributed by atoms with van der Waals surface area (Å²) in [5, 5.41) is 5.56. The van der Waals surface area contributed by atoms with Gasteiger partial charge < -0.3 is 15.4 Å². The van der Waals surface area contributed by atoms with Crippen molar-refractivity contribution >= 4 is 6.03 Å². The second-order valence-corrected chi connectivity index (χ2v) is 5.75. The quantitative estimate of drug-likeness (QED) is 0.886. The van der Waals surface area contributed by atoms with Crippen LogP contribution < -0.4 is 15.4 Å². The molecule has 5 heteroatoms. The third-order valence-electron chi connectivity index (χ3n) is 3.63. The van der Waals surface area contributed by atoms with E-state index in [1.807, 2.05) is 38.1 Å². The Morgan fingerprint density at radius 1 is 1.13 bits per heavy atom. The Kier molecular flexibility index (Phi) is 5.21. The number of halogens is 1. The Balaban J connectivity index is 1.96. The number of ether oxygens (including phenoxy) is 1. The van der Waals surface area contributed by atoms with E-state index < -0.39 is 5.54 Å². The summed E-state index contributed by atoms with van der Waals surface area (Å²) >= 11 is 0. The summed E-state index contributed by atoms with van der Waals surface area (Å²) in [6, 6.07) is 13.5. The van der Waals surface area contributed by atoms with Crippen LogP contribution in [-0.4, -0.2) is 13.1 Å². The molecule has 0 radical (unpaired) electrons. The molecule has 2 N–H and O–H groups in total. The molecule has 0 saturated carbocycles. The van der Waals surface area contributed by atoms with Gasteiger partial charge in [-0.2, -0.15) is 0 Å². The molecule has 0 aromatic heterocycles. The van der Waals surface area contributed by atoms with Gasteiger partial charge in [-0.1, -0.05) is 30.3 Å². The molecule has 0 fully saturated rings.